The minimum absolute atomic E-state index is 0.144. The first kappa shape index (κ1) is 36.6. The molecule has 0 unspecified atom stereocenters. The maximum atomic E-state index is 6.14. The molecule has 0 aliphatic heterocycles. The van der Waals surface area contributed by atoms with Gasteiger partial charge in [0, 0.05) is 16.5 Å². The van der Waals surface area contributed by atoms with Gasteiger partial charge in [-0.2, -0.15) is 0 Å². The minimum atomic E-state index is -0.437. The Morgan fingerprint density at radius 1 is 0.312 bits per heavy atom. The van der Waals surface area contributed by atoms with E-state index in [-0.39, 0.29) is 5.41 Å². The summed E-state index contributed by atoms with van der Waals surface area (Å²) in [6.07, 6.45) is 0. The quantitative estimate of drug-likeness (QED) is 0.174. The zero-order chi connectivity index (χ0) is 42.6. The lowest BCUT2D eigenvalue weighted by atomic mass is 9.55. The van der Waals surface area contributed by atoms with Crippen LogP contribution in [0, 0.1) is 0 Å². The van der Waals surface area contributed by atoms with Crippen LogP contribution in [0.4, 0.5) is 0 Å². The van der Waals surface area contributed by atoms with Gasteiger partial charge in [-0.05, 0) is 151 Å². The fraction of sp³-hybridized carbons (Fsp3) is 0.0667. The summed E-state index contributed by atoms with van der Waals surface area (Å²) in [5, 5.41) is 0. The first-order chi connectivity index (χ1) is 31.4. The molecular formula is C60H40N2O2. The number of hydrogen-bond acceptors (Lipinski definition) is 4. The molecule has 2 aliphatic carbocycles. The molecule has 2 aromatic heterocycles. The second-order valence-corrected chi connectivity index (χ2v) is 17.7. The molecule has 0 radical (unpaired) electrons. The van der Waals surface area contributed by atoms with Gasteiger partial charge in [0.1, 0.15) is 11.0 Å². The number of oxazole rings is 2. The van der Waals surface area contributed by atoms with Crippen LogP contribution in [0.2, 0.25) is 0 Å². The lowest BCUT2D eigenvalue weighted by Crippen LogP contribution is -2.40. The Labute approximate surface area is 371 Å². The molecule has 0 saturated heterocycles. The molecule has 0 bridgehead atoms. The lowest BCUT2D eigenvalue weighted by Gasteiger charge is -2.46. The number of rotatable bonds is 5. The van der Waals surface area contributed by atoms with Crippen molar-refractivity contribution in [3.8, 4) is 67.4 Å². The van der Waals surface area contributed by atoms with Crippen molar-refractivity contribution in [2.24, 2.45) is 0 Å². The maximum Gasteiger partial charge on any atom is 0.227 e. The zero-order valence-corrected chi connectivity index (χ0v) is 35.3. The van der Waals surface area contributed by atoms with Crippen LogP contribution in [0.3, 0.4) is 0 Å². The van der Waals surface area contributed by atoms with E-state index >= 15 is 0 Å². The van der Waals surface area contributed by atoms with Crippen LogP contribution in [0.1, 0.15) is 47.2 Å². The number of fused-ring (bicyclic) bond motifs is 11. The topological polar surface area (TPSA) is 52.1 Å². The standard InChI is InChI=1S/C60H40N2O2/c1-59(2)49-15-5-7-17-51(49)60(52-18-8-6-16-50(52)59)47-14-4-3-13-45(47)46-36-41(31-32-48(46)60)44-34-42(37-23-27-39(28-24-37)57-61-53-19-9-11-21-55(53)63-57)33-43(35-44)38-25-29-40(30-26-38)58-62-54-20-10-12-22-56(54)64-58/h3-36H,1-2H3. The van der Waals surface area contributed by atoms with E-state index in [4.69, 9.17) is 18.8 Å². The Morgan fingerprint density at radius 3 is 1.22 bits per heavy atom. The van der Waals surface area contributed by atoms with E-state index in [1.807, 2.05) is 48.5 Å². The molecule has 0 atom stereocenters. The SMILES string of the molecule is CC1(C)c2ccccc2C2(c3ccccc3-c3cc(-c4cc(-c5ccc(-c6nc7ccccc7o6)cc5)cc(-c5ccc(-c6nc7ccccc7o6)cc5)c4)ccc32)c2ccccc21. The zero-order valence-electron chi connectivity index (χ0n) is 35.3. The van der Waals surface area contributed by atoms with Gasteiger partial charge in [0.15, 0.2) is 11.2 Å². The van der Waals surface area contributed by atoms with Gasteiger partial charge in [0.25, 0.3) is 0 Å². The van der Waals surface area contributed by atoms with E-state index in [9.17, 15) is 0 Å². The van der Waals surface area contributed by atoms with E-state index < -0.39 is 5.41 Å². The molecule has 13 rings (SSSR count). The molecule has 0 saturated carbocycles. The van der Waals surface area contributed by atoms with Gasteiger partial charge in [-0.1, -0.05) is 147 Å². The van der Waals surface area contributed by atoms with Crippen molar-refractivity contribution in [1.82, 2.24) is 9.97 Å². The largest absolute Gasteiger partial charge is 0.436 e. The molecule has 11 aromatic rings. The Balaban J connectivity index is 0.968. The van der Waals surface area contributed by atoms with E-state index in [0.29, 0.717) is 11.8 Å². The van der Waals surface area contributed by atoms with Gasteiger partial charge < -0.3 is 8.83 Å². The summed E-state index contributed by atoms with van der Waals surface area (Å²) in [6.45, 7) is 4.75. The summed E-state index contributed by atoms with van der Waals surface area (Å²) in [7, 11) is 0. The Kier molecular flexibility index (Phi) is 7.83. The highest BCUT2D eigenvalue weighted by molar-refractivity contribution is 5.92. The molecular weight excluding hydrogens is 781 g/mol. The number of benzene rings is 9. The highest BCUT2D eigenvalue weighted by atomic mass is 16.4. The molecule has 1 spiro atoms. The summed E-state index contributed by atoms with van der Waals surface area (Å²) in [4.78, 5) is 9.53. The molecule has 4 heteroatoms. The van der Waals surface area contributed by atoms with Gasteiger partial charge >= 0.3 is 0 Å². The third-order valence-corrected chi connectivity index (χ3v) is 13.8. The van der Waals surface area contributed by atoms with E-state index in [2.05, 4.69) is 172 Å². The van der Waals surface area contributed by atoms with Gasteiger partial charge in [-0.15, -0.1) is 0 Å². The second kappa shape index (κ2) is 13.7. The number of aromatic nitrogens is 2. The van der Waals surface area contributed by atoms with Gasteiger partial charge in [-0.25, -0.2) is 9.97 Å². The van der Waals surface area contributed by atoms with Crippen LogP contribution in [0.5, 0.6) is 0 Å². The van der Waals surface area contributed by atoms with E-state index in [1.165, 1.54) is 44.5 Å². The minimum Gasteiger partial charge on any atom is -0.436 e. The third-order valence-electron chi connectivity index (χ3n) is 13.8. The van der Waals surface area contributed by atoms with Crippen LogP contribution in [0.15, 0.2) is 215 Å². The summed E-state index contributed by atoms with van der Waals surface area (Å²) in [5.41, 5.74) is 22.0. The first-order valence-corrected chi connectivity index (χ1v) is 22.0. The van der Waals surface area contributed by atoms with Crippen LogP contribution in [-0.4, -0.2) is 9.97 Å². The number of hydrogen-bond donors (Lipinski definition) is 0. The highest BCUT2D eigenvalue weighted by Gasteiger charge is 2.53. The van der Waals surface area contributed by atoms with Crippen molar-refractivity contribution in [3.05, 3.63) is 240 Å². The Hall–Kier alpha value is -8.08. The maximum absolute atomic E-state index is 6.14. The Bertz CT molecular complexity index is 3390. The van der Waals surface area contributed by atoms with Crippen LogP contribution >= 0.6 is 0 Å². The normalized spacial score (nSPS) is 14.0. The van der Waals surface area contributed by atoms with Crippen LogP contribution < -0.4 is 0 Å². The Morgan fingerprint density at radius 2 is 0.703 bits per heavy atom. The molecule has 2 aliphatic rings. The first-order valence-electron chi connectivity index (χ1n) is 22.0. The molecule has 0 N–H and O–H groups in total. The molecule has 0 amide bonds. The number of nitrogens with zero attached hydrogens (tertiary/aromatic N) is 2. The van der Waals surface area contributed by atoms with Gasteiger partial charge in [-0.3, -0.25) is 0 Å². The fourth-order valence-corrected chi connectivity index (χ4v) is 10.8. The van der Waals surface area contributed by atoms with Crippen molar-refractivity contribution >= 4 is 22.2 Å². The van der Waals surface area contributed by atoms with E-state index in [0.717, 1.165) is 66.7 Å². The van der Waals surface area contributed by atoms with Gasteiger partial charge in [0.05, 0.1) is 5.41 Å². The van der Waals surface area contributed by atoms with Gasteiger partial charge in [0.2, 0.25) is 11.8 Å². The summed E-state index contributed by atoms with van der Waals surface area (Å²) in [6, 6.07) is 74.4. The lowest BCUT2D eigenvalue weighted by molar-refractivity contribution is 0.563. The molecule has 64 heavy (non-hydrogen) atoms. The fourth-order valence-electron chi connectivity index (χ4n) is 10.8. The second-order valence-electron chi connectivity index (χ2n) is 17.7. The molecule has 2 heterocycles. The molecule has 4 nitrogen and oxygen atoms in total. The van der Waals surface area contributed by atoms with Crippen LogP contribution in [-0.2, 0) is 10.8 Å². The summed E-state index contributed by atoms with van der Waals surface area (Å²) in [5.74, 6) is 1.23. The summed E-state index contributed by atoms with van der Waals surface area (Å²) >= 11 is 0. The average Bonchev–Trinajstić information content (AvgIpc) is 4.07. The summed E-state index contributed by atoms with van der Waals surface area (Å²) < 4.78 is 12.3. The van der Waals surface area contributed by atoms with Crippen molar-refractivity contribution in [1.29, 1.82) is 0 Å². The van der Waals surface area contributed by atoms with Crippen molar-refractivity contribution in [2.75, 3.05) is 0 Å². The predicted molar refractivity (Wildman–Crippen MR) is 258 cm³/mol. The van der Waals surface area contributed by atoms with Crippen LogP contribution in [0.25, 0.3) is 89.6 Å². The average molecular weight is 821 g/mol. The van der Waals surface area contributed by atoms with E-state index in [1.54, 1.807) is 0 Å². The van der Waals surface area contributed by atoms with Crippen molar-refractivity contribution in [3.63, 3.8) is 0 Å². The number of para-hydroxylation sites is 4. The third kappa shape index (κ3) is 5.36. The predicted octanol–water partition coefficient (Wildman–Crippen LogP) is 15.3. The van der Waals surface area contributed by atoms with Crippen molar-refractivity contribution in [2.45, 2.75) is 24.7 Å². The molecule has 302 valence electrons. The molecule has 9 aromatic carbocycles. The monoisotopic (exact) mass is 820 g/mol. The van der Waals surface area contributed by atoms with Crippen molar-refractivity contribution < 1.29 is 8.83 Å². The molecule has 0 fully saturated rings. The highest BCUT2D eigenvalue weighted by Crippen LogP contribution is 2.62. The smallest absolute Gasteiger partial charge is 0.227 e.